The van der Waals surface area contributed by atoms with E-state index < -0.39 is 0 Å². The van der Waals surface area contributed by atoms with Crippen LogP contribution >= 0.6 is 11.3 Å². The van der Waals surface area contributed by atoms with Gasteiger partial charge in [-0.1, -0.05) is 74.5 Å². The van der Waals surface area contributed by atoms with Crippen LogP contribution in [0.3, 0.4) is 0 Å². The molecule has 134 valence electrons. The third-order valence-electron chi connectivity index (χ3n) is 6.09. The van der Waals surface area contributed by atoms with Crippen molar-refractivity contribution in [2.45, 2.75) is 19.3 Å². The molecule has 0 radical (unpaired) electrons. The van der Waals surface area contributed by atoms with Crippen LogP contribution in [-0.4, -0.2) is 4.98 Å². The van der Waals surface area contributed by atoms with E-state index in [9.17, 15) is 0 Å². The molecule has 0 bridgehead atoms. The molecule has 5 aromatic rings. The monoisotopic (exact) mass is 377 g/mol. The molecule has 0 amide bonds. The molecule has 2 heteroatoms. The highest BCUT2D eigenvalue weighted by molar-refractivity contribution is 7.22. The second-order valence-electron chi connectivity index (χ2n) is 8.07. The Kier molecular flexibility index (Phi) is 3.16. The van der Waals surface area contributed by atoms with Gasteiger partial charge in [0.15, 0.2) is 0 Å². The predicted molar refractivity (Wildman–Crippen MR) is 120 cm³/mol. The summed E-state index contributed by atoms with van der Waals surface area (Å²) in [7, 11) is 0. The van der Waals surface area contributed by atoms with E-state index in [1.165, 1.54) is 48.0 Å². The maximum Gasteiger partial charge on any atom is 0.0715 e. The molecule has 1 aliphatic rings. The Labute approximate surface area is 168 Å². The number of aromatic nitrogens is 1. The van der Waals surface area contributed by atoms with E-state index >= 15 is 0 Å². The zero-order valence-corrected chi connectivity index (χ0v) is 16.7. The second kappa shape index (κ2) is 5.52. The third-order valence-corrected chi connectivity index (χ3v) is 7.28. The lowest BCUT2D eigenvalue weighted by Gasteiger charge is -2.22. The minimum atomic E-state index is -0.00285. The Bertz CT molecular complexity index is 1390. The number of pyridine rings is 1. The Morgan fingerprint density at radius 3 is 2.50 bits per heavy atom. The van der Waals surface area contributed by atoms with Gasteiger partial charge in [0, 0.05) is 37.7 Å². The summed E-state index contributed by atoms with van der Waals surface area (Å²) in [5.41, 5.74) is 6.53. The number of fused-ring (bicyclic) bond motifs is 6. The van der Waals surface area contributed by atoms with Crippen LogP contribution in [0.25, 0.3) is 42.6 Å². The van der Waals surface area contributed by atoms with Crippen LogP contribution in [0.1, 0.15) is 25.0 Å². The van der Waals surface area contributed by atoms with Gasteiger partial charge in [-0.05, 0) is 34.0 Å². The molecule has 6 rings (SSSR count). The summed E-state index contributed by atoms with van der Waals surface area (Å²) in [5, 5.41) is 3.81. The van der Waals surface area contributed by atoms with Crippen molar-refractivity contribution in [2.75, 3.05) is 0 Å². The molecular formula is C26H19NS. The van der Waals surface area contributed by atoms with Crippen molar-refractivity contribution in [1.29, 1.82) is 0 Å². The van der Waals surface area contributed by atoms with Crippen molar-refractivity contribution in [3.05, 3.63) is 90.1 Å². The minimum absolute atomic E-state index is 0.00285. The lowest BCUT2D eigenvalue weighted by Crippen LogP contribution is -2.14. The Balaban J connectivity index is 1.69. The fourth-order valence-electron chi connectivity index (χ4n) is 4.74. The number of rotatable bonds is 1. The van der Waals surface area contributed by atoms with Gasteiger partial charge in [-0.3, -0.25) is 4.98 Å². The molecule has 0 saturated heterocycles. The molecule has 0 N–H and O–H groups in total. The first-order valence-corrected chi connectivity index (χ1v) is 10.5. The van der Waals surface area contributed by atoms with Crippen molar-refractivity contribution in [2.24, 2.45) is 0 Å². The van der Waals surface area contributed by atoms with Crippen LogP contribution < -0.4 is 0 Å². The molecule has 1 aliphatic carbocycles. The molecule has 0 unspecified atom stereocenters. The van der Waals surface area contributed by atoms with Gasteiger partial charge in [0.1, 0.15) is 0 Å². The average molecular weight is 378 g/mol. The summed E-state index contributed by atoms with van der Waals surface area (Å²) in [5.74, 6) is 0. The molecule has 1 nitrogen and oxygen atoms in total. The summed E-state index contributed by atoms with van der Waals surface area (Å²) in [6, 6.07) is 26.2. The standard InChI is InChI=1S/C26H19NS/c1-26(2)20-12-7-11-18(21-14-16-8-3-4-9-17(16)15-27-21)23(20)25-24(26)19-10-5-6-13-22(19)28-25/h3-15H,1-2H3. The first-order chi connectivity index (χ1) is 13.6. The smallest absolute Gasteiger partial charge is 0.0715 e. The molecule has 2 aromatic heterocycles. The summed E-state index contributed by atoms with van der Waals surface area (Å²) >= 11 is 1.92. The molecule has 0 spiro atoms. The van der Waals surface area contributed by atoms with E-state index in [0.717, 1.165) is 5.69 Å². The van der Waals surface area contributed by atoms with Gasteiger partial charge in [0.05, 0.1) is 5.69 Å². The maximum absolute atomic E-state index is 4.83. The second-order valence-corrected chi connectivity index (χ2v) is 9.12. The first kappa shape index (κ1) is 16.0. The largest absolute Gasteiger partial charge is 0.256 e. The van der Waals surface area contributed by atoms with Gasteiger partial charge < -0.3 is 0 Å². The highest BCUT2D eigenvalue weighted by Gasteiger charge is 2.40. The van der Waals surface area contributed by atoms with E-state index in [4.69, 9.17) is 4.98 Å². The molecule has 0 atom stereocenters. The van der Waals surface area contributed by atoms with E-state index in [1.807, 2.05) is 17.5 Å². The van der Waals surface area contributed by atoms with E-state index in [2.05, 4.69) is 86.6 Å². The number of hydrogen-bond acceptors (Lipinski definition) is 2. The van der Waals surface area contributed by atoms with Crippen LogP contribution in [0.5, 0.6) is 0 Å². The maximum atomic E-state index is 4.83. The topological polar surface area (TPSA) is 12.9 Å². The van der Waals surface area contributed by atoms with Crippen molar-refractivity contribution in [3.63, 3.8) is 0 Å². The van der Waals surface area contributed by atoms with Gasteiger partial charge in [-0.15, -0.1) is 11.3 Å². The van der Waals surface area contributed by atoms with Crippen molar-refractivity contribution in [3.8, 4) is 21.7 Å². The minimum Gasteiger partial charge on any atom is -0.256 e. The quantitative estimate of drug-likeness (QED) is 0.296. The SMILES string of the molecule is CC1(C)c2cccc(-c3cc4ccccc4cn3)c2-c2sc3ccccc3c21. The zero-order valence-electron chi connectivity index (χ0n) is 15.9. The molecule has 0 fully saturated rings. The number of thiophene rings is 1. The lowest BCUT2D eigenvalue weighted by molar-refractivity contribution is 0.667. The third kappa shape index (κ3) is 2.04. The summed E-state index contributed by atoms with van der Waals surface area (Å²) in [6.45, 7) is 4.71. The van der Waals surface area contributed by atoms with Gasteiger partial charge in [-0.25, -0.2) is 0 Å². The molecule has 0 saturated carbocycles. The fourth-order valence-corrected chi connectivity index (χ4v) is 6.17. The van der Waals surface area contributed by atoms with E-state index in [1.54, 1.807) is 0 Å². The van der Waals surface area contributed by atoms with Crippen LogP contribution in [0.4, 0.5) is 0 Å². The fraction of sp³-hybridized carbons (Fsp3) is 0.115. The highest BCUT2D eigenvalue weighted by atomic mass is 32.1. The Hall–Kier alpha value is -2.97. The van der Waals surface area contributed by atoms with E-state index in [0.29, 0.717) is 0 Å². The van der Waals surface area contributed by atoms with Crippen LogP contribution in [-0.2, 0) is 5.41 Å². The van der Waals surface area contributed by atoms with Gasteiger partial charge in [0.25, 0.3) is 0 Å². The van der Waals surface area contributed by atoms with Crippen molar-refractivity contribution in [1.82, 2.24) is 4.98 Å². The van der Waals surface area contributed by atoms with Crippen molar-refractivity contribution < 1.29 is 0 Å². The lowest BCUT2D eigenvalue weighted by atomic mass is 9.81. The van der Waals surface area contributed by atoms with Crippen LogP contribution in [0.15, 0.2) is 79.0 Å². The van der Waals surface area contributed by atoms with Gasteiger partial charge in [-0.2, -0.15) is 0 Å². The van der Waals surface area contributed by atoms with E-state index in [-0.39, 0.29) is 5.41 Å². The van der Waals surface area contributed by atoms with Gasteiger partial charge in [0.2, 0.25) is 0 Å². The normalized spacial score (nSPS) is 14.4. The van der Waals surface area contributed by atoms with Crippen molar-refractivity contribution >= 4 is 32.2 Å². The molecule has 3 aromatic carbocycles. The summed E-state index contributed by atoms with van der Waals surface area (Å²) in [6.07, 6.45) is 2.00. The predicted octanol–water partition coefficient (Wildman–Crippen LogP) is 7.42. The zero-order chi connectivity index (χ0) is 18.9. The summed E-state index contributed by atoms with van der Waals surface area (Å²) < 4.78 is 1.37. The summed E-state index contributed by atoms with van der Waals surface area (Å²) in [4.78, 5) is 6.24. The molecule has 28 heavy (non-hydrogen) atoms. The number of nitrogens with zero attached hydrogens (tertiary/aromatic N) is 1. The van der Waals surface area contributed by atoms with Crippen LogP contribution in [0.2, 0.25) is 0 Å². The molecular weight excluding hydrogens is 358 g/mol. The Morgan fingerprint density at radius 2 is 1.61 bits per heavy atom. The Morgan fingerprint density at radius 1 is 0.821 bits per heavy atom. The van der Waals surface area contributed by atoms with Gasteiger partial charge >= 0.3 is 0 Å². The highest BCUT2D eigenvalue weighted by Crippen LogP contribution is 2.57. The number of benzene rings is 3. The molecule has 0 aliphatic heterocycles. The first-order valence-electron chi connectivity index (χ1n) is 9.65. The molecule has 2 heterocycles. The average Bonchev–Trinajstić information content (AvgIpc) is 3.22. The number of hydrogen-bond donors (Lipinski definition) is 0. The van der Waals surface area contributed by atoms with Crippen LogP contribution in [0, 0.1) is 0 Å².